The van der Waals surface area contributed by atoms with Crippen LogP contribution in [-0.4, -0.2) is 20.9 Å². The maximum Gasteiger partial charge on any atom is 0.306 e. The number of para-hydroxylation sites is 1. The Labute approximate surface area is 176 Å². The molecule has 7 heteroatoms. The molecule has 0 saturated heterocycles. The van der Waals surface area contributed by atoms with E-state index in [1.807, 2.05) is 31.2 Å². The fourth-order valence-electron chi connectivity index (χ4n) is 6.40. The van der Waals surface area contributed by atoms with E-state index in [1.54, 1.807) is 0 Å². The van der Waals surface area contributed by atoms with Gasteiger partial charge in [0.2, 0.25) is 11.9 Å². The molecular weight excluding hydrogens is 378 g/mol. The summed E-state index contributed by atoms with van der Waals surface area (Å²) in [6.07, 6.45) is 8.20. The fourth-order valence-corrected chi connectivity index (χ4v) is 6.40. The molecule has 4 aliphatic rings. The molecule has 1 heterocycles. The number of nitrogens with two attached hydrogens (primary N) is 1. The second-order valence-corrected chi connectivity index (χ2v) is 9.63. The van der Waals surface area contributed by atoms with Crippen LogP contribution >= 0.6 is 0 Å². The molecule has 7 nitrogen and oxygen atoms in total. The van der Waals surface area contributed by atoms with Gasteiger partial charge in [-0.05, 0) is 80.2 Å². The zero-order valence-electron chi connectivity index (χ0n) is 17.4. The Hall–Kier alpha value is -2.70. The SMILES string of the molecule is Cc1ccccc1Nc1nc(N)nc(COC(=O)CC23CC4CC(CC(C4)C2)C3)n1. The van der Waals surface area contributed by atoms with Gasteiger partial charge in [-0.25, -0.2) is 0 Å². The fraction of sp³-hybridized carbons (Fsp3) is 0.565. The number of anilines is 3. The monoisotopic (exact) mass is 407 g/mol. The van der Waals surface area contributed by atoms with Crippen molar-refractivity contribution in [2.75, 3.05) is 11.1 Å². The van der Waals surface area contributed by atoms with Crippen LogP contribution in [0.15, 0.2) is 24.3 Å². The lowest BCUT2D eigenvalue weighted by molar-refractivity contribution is -0.153. The zero-order chi connectivity index (χ0) is 20.7. The molecule has 1 aromatic heterocycles. The van der Waals surface area contributed by atoms with Crippen molar-refractivity contribution >= 4 is 23.6 Å². The van der Waals surface area contributed by atoms with Gasteiger partial charge < -0.3 is 15.8 Å². The molecule has 0 radical (unpaired) electrons. The largest absolute Gasteiger partial charge is 0.457 e. The Kier molecular flexibility index (Phi) is 4.83. The van der Waals surface area contributed by atoms with Crippen molar-refractivity contribution in [2.45, 2.75) is 58.5 Å². The first-order valence-electron chi connectivity index (χ1n) is 11.0. The van der Waals surface area contributed by atoms with Crippen molar-refractivity contribution in [1.82, 2.24) is 15.0 Å². The minimum Gasteiger partial charge on any atom is -0.457 e. The van der Waals surface area contributed by atoms with Gasteiger partial charge in [0.15, 0.2) is 12.4 Å². The summed E-state index contributed by atoms with van der Waals surface area (Å²) in [6.45, 7) is 2.01. The van der Waals surface area contributed by atoms with Crippen LogP contribution < -0.4 is 11.1 Å². The average Bonchev–Trinajstić information content (AvgIpc) is 2.66. The number of nitrogens with one attached hydrogen (secondary N) is 1. The third-order valence-electron chi connectivity index (χ3n) is 7.14. The zero-order valence-corrected chi connectivity index (χ0v) is 17.4. The van der Waals surface area contributed by atoms with Gasteiger partial charge in [-0.15, -0.1) is 0 Å². The lowest BCUT2D eigenvalue weighted by Crippen LogP contribution is -2.47. The molecule has 6 rings (SSSR count). The number of benzene rings is 1. The normalized spacial score (nSPS) is 29.0. The van der Waals surface area contributed by atoms with Crippen molar-refractivity contribution in [1.29, 1.82) is 0 Å². The molecule has 0 amide bonds. The third-order valence-corrected chi connectivity index (χ3v) is 7.14. The van der Waals surface area contributed by atoms with E-state index in [4.69, 9.17) is 10.5 Å². The Balaban J connectivity index is 1.22. The molecule has 3 N–H and O–H groups in total. The molecule has 4 aliphatic carbocycles. The number of hydrogen-bond donors (Lipinski definition) is 2. The number of nitrogen functional groups attached to an aromatic ring is 1. The standard InChI is InChI=1S/C23H29N5O2/c1-14-4-2-3-5-18(14)25-22-27-19(26-21(24)28-22)13-30-20(29)12-23-9-15-6-16(10-23)8-17(7-15)11-23/h2-5,15-17H,6-13H2,1H3,(H3,24,25,26,27,28). The van der Waals surface area contributed by atoms with Gasteiger partial charge in [0.25, 0.3) is 0 Å². The number of hydrogen-bond acceptors (Lipinski definition) is 7. The Morgan fingerprint density at radius 2 is 1.77 bits per heavy atom. The molecule has 4 bridgehead atoms. The Morgan fingerprint density at radius 3 is 2.43 bits per heavy atom. The highest BCUT2D eigenvalue weighted by Gasteiger charge is 2.51. The van der Waals surface area contributed by atoms with E-state index in [-0.39, 0.29) is 23.9 Å². The van der Waals surface area contributed by atoms with Crippen LogP contribution in [0.1, 0.15) is 56.3 Å². The molecule has 158 valence electrons. The second-order valence-electron chi connectivity index (χ2n) is 9.63. The first-order chi connectivity index (χ1) is 14.5. The van der Waals surface area contributed by atoms with Gasteiger partial charge >= 0.3 is 5.97 Å². The smallest absolute Gasteiger partial charge is 0.306 e. The second kappa shape index (κ2) is 7.52. The van der Waals surface area contributed by atoms with Crippen LogP contribution in [0.5, 0.6) is 0 Å². The predicted octanol–water partition coefficient (Wildman–Crippen LogP) is 4.16. The maximum atomic E-state index is 12.7. The topological polar surface area (TPSA) is 103 Å². The first kappa shape index (κ1) is 19.3. The number of carbonyl (C=O) groups excluding carboxylic acids is 1. The van der Waals surface area contributed by atoms with Gasteiger partial charge in [0, 0.05) is 5.69 Å². The summed E-state index contributed by atoms with van der Waals surface area (Å²) in [6, 6.07) is 7.85. The molecule has 4 saturated carbocycles. The van der Waals surface area contributed by atoms with Crippen molar-refractivity contribution in [3.05, 3.63) is 35.7 Å². The highest BCUT2D eigenvalue weighted by molar-refractivity contribution is 5.70. The van der Waals surface area contributed by atoms with Crippen molar-refractivity contribution < 1.29 is 9.53 Å². The minimum absolute atomic E-state index is 0.0143. The number of nitrogens with zero attached hydrogens (tertiary/aromatic N) is 3. The van der Waals surface area contributed by atoms with E-state index in [0.717, 1.165) is 29.0 Å². The molecular formula is C23H29N5O2. The van der Waals surface area contributed by atoms with Gasteiger partial charge in [0.1, 0.15) is 0 Å². The number of aromatic nitrogens is 3. The first-order valence-corrected chi connectivity index (χ1v) is 11.0. The number of aryl methyl sites for hydroxylation is 1. The summed E-state index contributed by atoms with van der Waals surface area (Å²) in [5.41, 5.74) is 7.98. The van der Waals surface area contributed by atoms with E-state index >= 15 is 0 Å². The van der Waals surface area contributed by atoms with E-state index in [2.05, 4.69) is 20.3 Å². The molecule has 0 aliphatic heterocycles. The van der Waals surface area contributed by atoms with Crippen LogP contribution in [0, 0.1) is 30.1 Å². The molecule has 0 atom stereocenters. The van der Waals surface area contributed by atoms with Crippen molar-refractivity contribution in [3.63, 3.8) is 0 Å². The quantitative estimate of drug-likeness (QED) is 0.693. The van der Waals surface area contributed by atoms with E-state index in [0.29, 0.717) is 18.2 Å². The lowest BCUT2D eigenvalue weighted by atomic mass is 9.49. The van der Waals surface area contributed by atoms with Gasteiger partial charge in [-0.1, -0.05) is 18.2 Å². The van der Waals surface area contributed by atoms with Gasteiger partial charge in [-0.2, -0.15) is 15.0 Å². The minimum atomic E-state index is -0.149. The lowest BCUT2D eigenvalue weighted by Gasteiger charge is -2.56. The molecule has 4 fully saturated rings. The van der Waals surface area contributed by atoms with Crippen molar-refractivity contribution in [3.8, 4) is 0 Å². The predicted molar refractivity (Wildman–Crippen MR) is 114 cm³/mol. The summed E-state index contributed by atoms with van der Waals surface area (Å²) >= 11 is 0. The summed E-state index contributed by atoms with van der Waals surface area (Å²) in [7, 11) is 0. The maximum absolute atomic E-state index is 12.7. The molecule has 30 heavy (non-hydrogen) atoms. The van der Waals surface area contributed by atoms with Crippen LogP contribution in [0.3, 0.4) is 0 Å². The summed E-state index contributed by atoms with van der Waals surface area (Å²) in [5.74, 6) is 3.13. The molecule has 0 unspecified atom stereocenters. The highest BCUT2D eigenvalue weighted by Crippen LogP contribution is 2.61. The average molecular weight is 408 g/mol. The molecule has 0 spiro atoms. The summed E-state index contributed by atoms with van der Waals surface area (Å²) < 4.78 is 5.58. The van der Waals surface area contributed by atoms with Crippen molar-refractivity contribution in [2.24, 2.45) is 23.2 Å². The van der Waals surface area contributed by atoms with Crippen LogP contribution in [-0.2, 0) is 16.1 Å². The van der Waals surface area contributed by atoms with Crippen LogP contribution in [0.4, 0.5) is 17.6 Å². The van der Waals surface area contributed by atoms with E-state index < -0.39 is 0 Å². The highest BCUT2D eigenvalue weighted by atomic mass is 16.5. The van der Waals surface area contributed by atoms with E-state index in [1.165, 1.54) is 38.5 Å². The van der Waals surface area contributed by atoms with Crippen LogP contribution in [0.25, 0.3) is 0 Å². The van der Waals surface area contributed by atoms with Crippen LogP contribution in [0.2, 0.25) is 0 Å². The van der Waals surface area contributed by atoms with Gasteiger partial charge in [-0.3, -0.25) is 4.79 Å². The Morgan fingerprint density at radius 1 is 1.10 bits per heavy atom. The number of esters is 1. The third kappa shape index (κ3) is 3.98. The Bertz CT molecular complexity index is 925. The molecule has 1 aromatic carbocycles. The number of carbonyl (C=O) groups is 1. The number of rotatable bonds is 6. The van der Waals surface area contributed by atoms with E-state index in [9.17, 15) is 4.79 Å². The summed E-state index contributed by atoms with van der Waals surface area (Å²) in [4.78, 5) is 25.3. The summed E-state index contributed by atoms with van der Waals surface area (Å²) in [5, 5.41) is 3.16. The van der Waals surface area contributed by atoms with Gasteiger partial charge in [0.05, 0.1) is 6.42 Å². The number of ether oxygens (including phenoxy) is 1. The molecule has 2 aromatic rings.